The smallest absolute Gasteiger partial charge is 0.399 e. The molecule has 0 spiro atoms. The molecule has 8 rings (SSSR count). The van der Waals surface area contributed by atoms with Crippen LogP contribution in [0.5, 0.6) is 0 Å². The summed E-state index contributed by atoms with van der Waals surface area (Å²) >= 11 is 0. The van der Waals surface area contributed by atoms with Gasteiger partial charge in [0.15, 0.2) is 0 Å². The second kappa shape index (κ2) is 18.4. The van der Waals surface area contributed by atoms with E-state index in [0.717, 1.165) is 69.0 Å². The summed E-state index contributed by atoms with van der Waals surface area (Å²) in [5.41, 5.74) is 12.0. The number of rotatable bonds is 15. The van der Waals surface area contributed by atoms with Crippen LogP contribution >= 0.6 is 0 Å². The van der Waals surface area contributed by atoms with Crippen molar-refractivity contribution in [2.45, 2.75) is 130 Å². The predicted octanol–water partition coefficient (Wildman–Crippen LogP) is 13.6. The summed E-state index contributed by atoms with van der Waals surface area (Å²) in [5, 5.41) is 0. The maximum absolute atomic E-state index is 6.39. The summed E-state index contributed by atoms with van der Waals surface area (Å²) in [6.45, 7) is 21.2. The van der Waals surface area contributed by atoms with Crippen LogP contribution in [0.15, 0.2) is 146 Å². The normalized spacial score (nSPS) is 17.2. The molecule has 2 heterocycles. The average molecular weight is 853 g/mol. The van der Waals surface area contributed by atoms with E-state index in [-0.39, 0.29) is 0 Å². The quantitative estimate of drug-likeness (QED) is 0.0959. The molecule has 6 aromatic rings. The number of nitrogens with zero attached hydrogens (tertiary/aromatic N) is 2. The van der Waals surface area contributed by atoms with Crippen LogP contribution in [0.4, 0.5) is 34.1 Å². The van der Waals surface area contributed by atoms with Gasteiger partial charge in [-0.3, -0.25) is 0 Å². The minimum absolute atomic E-state index is 0.396. The molecular formula is C56H66B2N2O4. The molecule has 0 aromatic heterocycles. The van der Waals surface area contributed by atoms with E-state index in [1.54, 1.807) is 0 Å². The molecule has 0 atom stereocenters. The molecule has 330 valence electrons. The molecule has 0 N–H and O–H groups in total. The van der Waals surface area contributed by atoms with Crippen molar-refractivity contribution >= 4 is 59.3 Å². The van der Waals surface area contributed by atoms with E-state index in [0.29, 0.717) is 0 Å². The van der Waals surface area contributed by atoms with E-state index in [1.165, 1.54) is 36.8 Å². The van der Waals surface area contributed by atoms with Crippen molar-refractivity contribution in [3.8, 4) is 11.1 Å². The Bertz CT molecular complexity index is 2260. The molecule has 0 saturated carbocycles. The molecule has 0 radical (unpaired) electrons. The zero-order valence-electron chi connectivity index (χ0n) is 39.8. The third-order valence-corrected chi connectivity index (χ3v) is 14.0. The van der Waals surface area contributed by atoms with Crippen LogP contribution < -0.4 is 20.7 Å². The lowest BCUT2D eigenvalue weighted by molar-refractivity contribution is 0.00578. The zero-order valence-corrected chi connectivity index (χ0v) is 39.8. The fourth-order valence-electron chi connectivity index (χ4n) is 8.40. The largest absolute Gasteiger partial charge is 0.494 e. The molecule has 6 aromatic carbocycles. The van der Waals surface area contributed by atoms with Crippen molar-refractivity contribution in [1.82, 2.24) is 0 Å². The molecule has 2 saturated heterocycles. The van der Waals surface area contributed by atoms with Crippen LogP contribution in [0, 0.1) is 0 Å². The molecule has 2 aliphatic heterocycles. The van der Waals surface area contributed by atoms with Crippen molar-refractivity contribution in [2.75, 3.05) is 9.80 Å². The van der Waals surface area contributed by atoms with E-state index in [2.05, 4.69) is 225 Å². The Morgan fingerprint density at radius 1 is 0.344 bits per heavy atom. The maximum atomic E-state index is 6.39. The van der Waals surface area contributed by atoms with Crippen LogP contribution in [-0.4, -0.2) is 36.6 Å². The fraction of sp³-hybridized carbons (Fsp3) is 0.357. The second-order valence-electron chi connectivity index (χ2n) is 19.7. The third kappa shape index (κ3) is 9.48. The number of hydrogen-bond donors (Lipinski definition) is 0. The van der Waals surface area contributed by atoms with Gasteiger partial charge < -0.3 is 28.4 Å². The first kappa shape index (κ1) is 45.5. The van der Waals surface area contributed by atoms with Gasteiger partial charge in [0.05, 0.1) is 22.4 Å². The minimum Gasteiger partial charge on any atom is -0.399 e. The molecule has 0 bridgehead atoms. The molecule has 64 heavy (non-hydrogen) atoms. The highest BCUT2D eigenvalue weighted by Gasteiger charge is 2.52. The number of unbranched alkanes of at least 4 members (excludes halogenated alkanes) is 2. The Morgan fingerprint density at radius 2 is 0.578 bits per heavy atom. The van der Waals surface area contributed by atoms with Gasteiger partial charge in [0, 0.05) is 34.1 Å². The first-order chi connectivity index (χ1) is 30.6. The standard InChI is InChI=1S/C56H66B2N2O4/c1-11-13-15-41-17-29-47(30-18-41)59(51-37-25-45(26-38-51)57-61-53(3,4)54(5,6)62-57)49-33-21-43(22-34-49)44-23-35-50(36-24-44)60(48-31-19-42(20-32-48)16-14-12-2)52-39-27-46(28-40-52)58-63-55(7,8)56(9,10)64-58/h17-40H,11-16H2,1-10H3. The molecule has 6 nitrogen and oxygen atoms in total. The van der Waals surface area contributed by atoms with E-state index in [9.17, 15) is 0 Å². The van der Waals surface area contributed by atoms with Gasteiger partial charge in [0.25, 0.3) is 0 Å². The Balaban J connectivity index is 1.07. The minimum atomic E-state index is -0.410. The second-order valence-corrected chi connectivity index (χ2v) is 19.7. The number of anilines is 6. The molecule has 2 fully saturated rings. The monoisotopic (exact) mass is 853 g/mol. The van der Waals surface area contributed by atoms with Gasteiger partial charge in [0.1, 0.15) is 0 Å². The molecular weight excluding hydrogens is 786 g/mol. The van der Waals surface area contributed by atoms with Crippen molar-refractivity contribution < 1.29 is 18.6 Å². The average Bonchev–Trinajstić information content (AvgIpc) is 3.66. The Hall–Kier alpha value is -5.11. The highest BCUT2D eigenvalue weighted by Crippen LogP contribution is 2.41. The van der Waals surface area contributed by atoms with Gasteiger partial charge in [-0.1, -0.05) is 99.5 Å². The van der Waals surface area contributed by atoms with Crippen LogP contribution in [-0.2, 0) is 31.5 Å². The van der Waals surface area contributed by atoms with Gasteiger partial charge in [0.2, 0.25) is 0 Å². The Kier molecular flexibility index (Phi) is 13.1. The van der Waals surface area contributed by atoms with E-state index in [4.69, 9.17) is 18.6 Å². The van der Waals surface area contributed by atoms with Gasteiger partial charge >= 0.3 is 14.2 Å². The zero-order chi connectivity index (χ0) is 45.3. The van der Waals surface area contributed by atoms with Crippen molar-refractivity contribution in [3.05, 3.63) is 157 Å². The summed E-state index contributed by atoms with van der Waals surface area (Å²) in [6, 6.07) is 53.1. The summed E-state index contributed by atoms with van der Waals surface area (Å²) in [4.78, 5) is 4.65. The first-order valence-corrected chi connectivity index (χ1v) is 23.5. The summed E-state index contributed by atoms with van der Waals surface area (Å²) < 4.78 is 25.6. The van der Waals surface area contributed by atoms with Crippen LogP contribution in [0.1, 0.15) is 106 Å². The van der Waals surface area contributed by atoms with Crippen LogP contribution in [0.25, 0.3) is 11.1 Å². The molecule has 0 amide bonds. The van der Waals surface area contributed by atoms with Crippen LogP contribution in [0.2, 0.25) is 0 Å². The molecule has 0 aliphatic carbocycles. The van der Waals surface area contributed by atoms with Crippen molar-refractivity contribution in [1.29, 1.82) is 0 Å². The SMILES string of the molecule is CCCCc1ccc(N(c2ccc(B3OC(C)(C)C(C)(C)O3)cc2)c2ccc(-c3ccc(N(c4ccc(CCCC)cc4)c4ccc(B5OC(C)(C)C(C)(C)O5)cc4)cc3)cc2)cc1. The van der Waals surface area contributed by atoms with Gasteiger partial charge in [-0.15, -0.1) is 0 Å². The lowest BCUT2D eigenvalue weighted by atomic mass is 9.79. The highest BCUT2D eigenvalue weighted by molar-refractivity contribution is 6.62. The summed E-state index contributed by atoms with van der Waals surface area (Å²) in [7, 11) is -0.820. The van der Waals surface area contributed by atoms with Gasteiger partial charge in [-0.05, 0) is 187 Å². The Labute approximate surface area is 384 Å². The third-order valence-electron chi connectivity index (χ3n) is 14.0. The van der Waals surface area contributed by atoms with Gasteiger partial charge in [-0.25, -0.2) is 0 Å². The highest BCUT2D eigenvalue weighted by atomic mass is 16.7. The lowest BCUT2D eigenvalue weighted by Gasteiger charge is -2.32. The Morgan fingerprint density at radius 3 is 0.828 bits per heavy atom. The summed E-state index contributed by atoms with van der Waals surface area (Å²) in [6.07, 6.45) is 6.91. The topological polar surface area (TPSA) is 43.4 Å². The summed E-state index contributed by atoms with van der Waals surface area (Å²) in [5.74, 6) is 0. The first-order valence-electron chi connectivity index (χ1n) is 23.5. The molecule has 2 aliphatic rings. The number of benzene rings is 6. The van der Waals surface area contributed by atoms with Crippen molar-refractivity contribution in [2.24, 2.45) is 0 Å². The van der Waals surface area contributed by atoms with Crippen molar-refractivity contribution in [3.63, 3.8) is 0 Å². The fourth-order valence-corrected chi connectivity index (χ4v) is 8.40. The predicted molar refractivity (Wildman–Crippen MR) is 270 cm³/mol. The van der Waals surface area contributed by atoms with E-state index >= 15 is 0 Å². The van der Waals surface area contributed by atoms with Gasteiger partial charge in [-0.2, -0.15) is 0 Å². The van der Waals surface area contributed by atoms with Crippen LogP contribution in [0.3, 0.4) is 0 Å². The number of aryl methyl sites for hydroxylation is 2. The maximum Gasteiger partial charge on any atom is 0.494 e. The molecule has 8 heteroatoms. The number of hydrogen-bond acceptors (Lipinski definition) is 6. The lowest BCUT2D eigenvalue weighted by Crippen LogP contribution is -2.41. The van der Waals surface area contributed by atoms with E-state index in [1.807, 2.05) is 0 Å². The van der Waals surface area contributed by atoms with E-state index < -0.39 is 36.6 Å². The molecule has 0 unspecified atom stereocenters.